The maximum Gasteiger partial charge on any atom is 0.341 e. The lowest BCUT2D eigenvalue weighted by Gasteiger charge is -2.20. The highest BCUT2D eigenvalue weighted by molar-refractivity contribution is 7.89. The highest BCUT2D eigenvalue weighted by Gasteiger charge is 2.28. The zero-order chi connectivity index (χ0) is 23.4. The summed E-state index contributed by atoms with van der Waals surface area (Å²) in [6.07, 6.45) is 3.01. The van der Waals surface area contributed by atoms with Crippen LogP contribution < -0.4 is 10.2 Å². The van der Waals surface area contributed by atoms with Gasteiger partial charge in [-0.05, 0) is 63.4 Å². The third kappa shape index (κ3) is 4.18. The highest BCUT2D eigenvalue weighted by atomic mass is 32.2. The Morgan fingerprint density at radius 2 is 1.78 bits per heavy atom. The van der Waals surface area contributed by atoms with E-state index in [1.807, 2.05) is 0 Å². The Morgan fingerprint density at radius 3 is 2.31 bits per heavy atom. The molecule has 0 aliphatic heterocycles. The summed E-state index contributed by atoms with van der Waals surface area (Å²) < 4.78 is 44.3. The van der Waals surface area contributed by atoms with Gasteiger partial charge < -0.3 is 9.67 Å². The Bertz CT molecular complexity index is 1400. The van der Waals surface area contributed by atoms with Gasteiger partial charge in [0.25, 0.3) is 0 Å². The van der Waals surface area contributed by atoms with Crippen molar-refractivity contribution in [2.75, 3.05) is 0 Å². The molecule has 0 saturated heterocycles. The molecule has 2 aromatic carbocycles. The predicted molar refractivity (Wildman–Crippen MR) is 119 cm³/mol. The van der Waals surface area contributed by atoms with E-state index in [-0.39, 0.29) is 21.9 Å². The van der Waals surface area contributed by atoms with Gasteiger partial charge in [-0.15, -0.1) is 0 Å². The first-order chi connectivity index (χ1) is 14.9. The molecule has 0 amide bonds. The smallest absolute Gasteiger partial charge is 0.341 e. The summed E-state index contributed by atoms with van der Waals surface area (Å²) in [6, 6.07) is 8.45. The lowest BCUT2D eigenvalue weighted by Crippen LogP contribution is -2.40. The molecule has 1 fully saturated rings. The number of pyridine rings is 1. The van der Waals surface area contributed by atoms with Crippen LogP contribution in [0.3, 0.4) is 0 Å². The third-order valence-corrected chi connectivity index (χ3v) is 6.98. The van der Waals surface area contributed by atoms with Gasteiger partial charge in [-0.25, -0.2) is 22.3 Å². The van der Waals surface area contributed by atoms with Gasteiger partial charge in [0.15, 0.2) is 0 Å². The number of aromatic carboxylic acids is 1. The fraction of sp³-hybridized carbons (Fsp3) is 0.304. The van der Waals surface area contributed by atoms with Crippen LogP contribution in [0.15, 0.2) is 52.3 Å². The number of fused-ring (bicyclic) bond motifs is 1. The predicted octanol–water partition coefficient (Wildman–Crippen LogP) is 3.92. The molecule has 4 rings (SSSR count). The van der Waals surface area contributed by atoms with E-state index in [0.29, 0.717) is 11.1 Å². The summed E-state index contributed by atoms with van der Waals surface area (Å²) in [5.74, 6) is -2.04. The molecule has 1 aliphatic rings. The second-order valence-electron chi connectivity index (χ2n) is 9.04. The fourth-order valence-corrected chi connectivity index (χ4v) is 5.09. The minimum atomic E-state index is -3.73. The van der Waals surface area contributed by atoms with Gasteiger partial charge in [-0.1, -0.05) is 12.1 Å². The van der Waals surface area contributed by atoms with E-state index < -0.39 is 38.3 Å². The quantitative estimate of drug-likeness (QED) is 0.603. The van der Waals surface area contributed by atoms with Crippen molar-refractivity contribution >= 4 is 26.9 Å². The van der Waals surface area contributed by atoms with Gasteiger partial charge >= 0.3 is 5.97 Å². The van der Waals surface area contributed by atoms with Crippen LogP contribution in [-0.4, -0.2) is 29.6 Å². The Labute approximate surface area is 184 Å². The second kappa shape index (κ2) is 7.53. The van der Waals surface area contributed by atoms with E-state index >= 15 is 0 Å². The molecule has 0 bridgehead atoms. The molecule has 32 heavy (non-hydrogen) atoms. The number of rotatable bonds is 5. The Hall–Kier alpha value is -3.04. The van der Waals surface area contributed by atoms with Gasteiger partial charge in [-0.2, -0.15) is 0 Å². The van der Waals surface area contributed by atoms with Crippen molar-refractivity contribution in [3.63, 3.8) is 0 Å². The molecule has 1 aliphatic carbocycles. The van der Waals surface area contributed by atoms with E-state index in [0.717, 1.165) is 18.9 Å². The number of carboxylic acids is 1. The van der Waals surface area contributed by atoms with Crippen LogP contribution in [0.5, 0.6) is 0 Å². The van der Waals surface area contributed by atoms with Gasteiger partial charge in [-0.3, -0.25) is 4.79 Å². The summed E-state index contributed by atoms with van der Waals surface area (Å²) in [5.41, 5.74) is -0.686. The minimum absolute atomic E-state index is 0.00613. The third-order valence-electron chi connectivity index (χ3n) is 5.21. The monoisotopic (exact) mass is 458 g/mol. The normalized spacial score (nSPS) is 14.6. The molecule has 1 heterocycles. The van der Waals surface area contributed by atoms with E-state index in [1.54, 1.807) is 25.3 Å². The number of carboxylic acid groups (broad SMARTS) is 1. The molecular formula is C23H23FN2O5S. The summed E-state index contributed by atoms with van der Waals surface area (Å²) in [4.78, 5) is 24.1. The van der Waals surface area contributed by atoms with Crippen LogP contribution >= 0.6 is 0 Å². The molecule has 0 radical (unpaired) electrons. The number of halogens is 1. The van der Waals surface area contributed by atoms with Crippen LogP contribution in [0.2, 0.25) is 0 Å². The first kappa shape index (κ1) is 22.2. The Balaban J connectivity index is 1.83. The summed E-state index contributed by atoms with van der Waals surface area (Å²) in [7, 11) is -3.73. The summed E-state index contributed by atoms with van der Waals surface area (Å²) in [5, 5.41) is 9.36. The first-order valence-corrected chi connectivity index (χ1v) is 11.6. The molecule has 2 N–H and O–H groups in total. The fourth-order valence-electron chi connectivity index (χ4n) is 3.67. The molecule has 9 heteroatoms. The topological polar surface area (TPSA) is 105 Å². The number of hydrogen-bond donors (Lipinski definition) is 2. The van der Waals surface area contributed by atoms with Crippen molar-refractivity contribution in [3.05, 3.63) is 64.2 Å². The molecule has 3 aromatic rings. The van der Waals surface area contributed by atoms with Gasteiger partial charge in [0, 0.05) is 28.7 Å². The van der Waals surface area contributed by atoms with E-state index in [1.165, 1.54) is 36.5 Å². The SMILES string of the molecule is CC(C)(C)NS(=O)(=O)c1ccc(-c2cc3c(cc2F)c(=O)c(C(=O)O)cn3C2CC2)cc1. The van der Waals surface area contributed by atoms with Crippen molar-refractivity contribution in [1.82, 2.24) is 9.29 Å². The molecule has 0 spiro atoms. The molecule has 0 unspecified atom stereocenters. The molecule has 168 valence electrons. The summed E-state index contributed by atoms with van der Waals surface area (Å²) in [6.45, 7) is 5.20. The molecule has 7 nitrogen and oxygen atoms in total. The summed E-state index contributed by atoms with van der Waals surface area (Å²) >= 11 is 0. The largest absolute Gasteiger partial charge is 0.477 e. The van der Waals surface area contributed by atoms with E-state index in [4.69, 9.17) is 0 Å². The Morgan fingerprint density at radius 1 is 1.16 bits per heavy atom. The molecular weight excluding hydrogens is 435 g/mol. The standard InChI is InChI=1S/C23H23FN2O5S/c1-23(2,3)25-32(30,31)15-8-4-13(5-9-15)16-11-20-17(10-19(16)24)21(27)18(22(28)29)12-26(20)14-6-7-14/h4-5,8-12,14,25H,6-7H2,1-3H3,(H,28,29). The maximum absolute atomic E-state index is 15.0. The maximum atomic E-state index is 15.0. The molecule has 1 saturated carbocycles. The Kier molecular flexibility index (Phi) is 5.21. The number of nitrogens with one attached hydrogen (secondary N) is 1. The van der Waals surface area contributed by atoms with Gasteiger partial charge in [0.1, 0.15) is 11.4 Å². The average molecular weight is 459 g/mol. The second-order valence-corrected chi connectivity index (χ2v) is 10.7. The van der Waals surface area contributed by atoms with Crippen molar-refractivity contribution in [2.24, 2.45) is 0 Å². The molecule has 0 atom stereocenters. The zero-order valence-electron chi connectivity index (χ0n) is 17.8. The van der Waals surface area contributed by atoms with Crippen molar-refractivity contribution < 1.29 is 22.7 Å². The lowest BCUT2D eigenvalue weighted by atomic mass is 10.0. The van der Waals surface area contributed by atoms with Gasteiger partial charge in [0.2, 0.25) is 15.5 Å². The number of hydrogen-bond acceptors (Lipinski definition) is 4. The van der Waals surface area contributed by atoms with Crippen LogP contribution in [0.4, 0.5) is 4.39 Å². The van der Waals surface area contributed by atoms with Crippen molar-refractivity contribution in [2.45, 2.75) is 50.1 Å². The lowest BCUT2D eigenvalue weighted by molar-refractivity contribution is 0.0694. The van der Waals surface area contributed by atoms with Crippen LogP contribution in [0.25, 0.3) is 22.0 Å². The zero-order valence-corrected chi connectivity index (χ0v) is 18.7. The van der Waals surface area contributed by atoms with Crippen LogP contribution in [0.1, 0.15) is 50.0 Å². The number of aromatic nitrogens is 1. The van der Waals surface area contributed by atoms with Crippen LogP contribution in [0, 0.1) is 5.82 Å². The van der Waals surface area contributed by atoms with E-state index in [2.05, 4.69) is 4.72 Å². The first-order valence-electron chi connectivity index (χ1n) is 10.1. The molecule has 1 aromatic heterocycles. The average Bonchev–Trinajstić information content (AvgIpc) is 3.51. The van der Waals surface area contributed by atoms with Gasteiger partial charge in [0.05, 0.1) is 10.4 Å². The minimum Gasteiger partial charge on any atom is -0.477 e. The van der Waals surface area contributed by atoms with E-state index in [9.17, 15) is 27.5 Å². The van der Waals surface area contributed by atoms with Crippen LogP contribution in [-0.2, 0) is 10.0 Å². The number of benzene rings is 2. The van der Waals surface area contributed by atoms with Crippen molar-refractivity contribution in [3.8, 4) is 11.1 Å². The highest BCUT2D eigenvalue weighted by Crippen LogP contribution is 2.38. The number of nitrogens with zero attached hydrogens (tertiary/aromatic N) is 1. The number of sulfonamides is 1. The van der Waals surface area contributed by atoms with Crippen molar-refractivity contribution in [1.29, 1.82) is 0 Å². The number of carbonyl (C=O) groups is 1.